The van der Waals surface area contributed by atoms with Gasteiger partial charge in [0.1, 0.15) is 0 Å². The average Bonchev–Trinajstić information content (AvgIpc) is 2.50. The Morgan fingerprint density at radius 2 is 2.10 bits per heavy atom. The molecule has 5 nitrogen and oxygen atoms in total. The molecule has 1 unspecified atom stereocenters. The molecule has 1 aromatic rings. The molecule has 1 aliphatic rings. The number of ether oxygens (including phenoxy) is 1. The number of methoxy groups -OCH3 is 1. The highest BCUT2D eigenvalue weighted by Gasteiger charge is 2.21. The van der Waals surface area contributed by atoms with Gasteiger partial charge in [0.2, 0.25) is 0 Å². The van der Waals surface area contributed by atoms with Gasteiger partial charge in [0, 0.05) is 38.8 Å². The van der Waals surface area contributed by atoms with Gasteiger partial charge >= 0.3 is 5.97 Å². The Labute approximate surface area is 126 Å². The van der Waals surface area contributed by atoms with Crippen LogP contribution in [0, 0.1) is 0 Å². The Hall–Kier alpha value is -1.43. The minimum absolute atomic E-state index is 0.276. The average molecular weight is 291 g/mol. The molecule has 0 bridgehead atoms. The molecule has 0 saturated carbocycles. The predicted molar refractivity (Wildman–Crippen MR) is 83.4 cm³/mol. The molecule has 2 rings (SSSR count). The molecule has 1 fully saturated rings. The molecule has 1 heterocycles. The third kappa shape index (κ3) is 4.27. The van der Waals surface area contributed by atoms with Crippen molar-refractivity contribution in [2.75, 3.05) is 47.4 Å². The van der Waals surface area contributed by atoms with E-state index < -0.39 is 0 Å². The van der Waals surface area contributed by atoms with Crippen molar-refractivity contribution < 1.29 is 9.53 Å². The summed E-state index contributed by atoms with van der Waals surface area (Å²) in [7, 11) is 5.74. The van der Waals surface area contributed by atoms with Gasteiger partial charge in [-0.2, -0.15) is 0 Å². The van der Waals surface area contributed by atoms with E-state index in [1.54, 1.807) is 0 Å². The Balaban J connectivity index is 1.90. The fraction of sp³-hybridized carbons (Fsp3) is 0.562. The van der Waals surface area contributed by atoms with Crippen molar-refractivity contribution in [3.8, 4) is 0 Å². The van der Waals surface area contributed by atoms with Crippen molar-refractivity contribution in [1.29, 1.82) is 0 Å². The van der Waals surface area contributed by atoms with Gasteiger partial charge in [0.05, 0.1) is 12.7 Å². The Bertz CT molecular complexity index is 478. The van der Waals surface area contributed by atoms with Gasteiger partial charge in [0.15, 0.2) is 0 Å². The smallest absolute Gasteiger partial charge is 0.338 e. The van der Waals surface area contributed by atoms with Crippen molar-refractivity contribution in [3.63, 3.8) is 0 Å². The summed E-state index contributed by atoms with van der Waals surface area (Å²) in [6.45, 7) is 4.89. The van der Waals surface area contributed by atoms with E-state index in [4.69, 9.17) is 4.74 Å². The van der Waals surface area contributed by atoms with E-state index in [1.165, 1.54) is 7.11 Å². The highest BCUT2D eigenvalue weighted by molar-refractivity contribution is 5.90. The van der Waals surface area contributed by atoms with E-state index in [2.05, 4.69) is 29.2 Å². The zero-order valence-corrected chi connectivity index (χ0v) is 13.1. The first-order valence-electron chi connectivity index (χ1n) is 7.37. The highest BCUT2D eigenvalue weighted by Crippen LogP contribution is 2.10. The van der Waals surface area contributed by atoms with Crippen LogP contribution in [0.15, 0.2) is 24.3 Å². The third-order valence-electron chi connectivity index (χ3n) is 4.10. The Morgan fingerprint density at radius 1 is 1.33 bits per heavy atom. The molecule has 0 spiro atoms. The first-order chi connectivity index (χ1) is 10.1. The van der Waals surface area contributed by atoms with E-state index in [1.807, 2.05) is 24.3 Å². The minimum atomic E-state index is -0.276. The van der Waals surface area contributed by atoms with Gasteiger partial charge in [-0.05, 0) is 25.7 Å². The summed E-state index contributed by atoms with van der Waals surface area (Å²) in [6, 6.07) is 8.09. The maximum atomic E-state index is 11.7. The van der Waals surface area contributed by atoms with Crippen molar-refractivity contribution in [2.24, 2.45) is 0 Å². The maximum Gasteiger partial charge on any atom is 0.338 e. The number of rotatable bonds is 5. The summed E-state index contributed by atoms with van der Waals surface area (Å²) in [5.74, 6) is -0.276. The number of hydrogen-bond donors (Lipinski definition) is 1. The molecule has 1 atom stereocenters. The van der Waals surface area contributed by atoms with E-state index >= 15 is 0 Å². The Morgan fingerprint density at radius 3 is 2.86 bits per heavy atom. The van der Waals surface area contributed by atoms with Crippen LogP contribution in [0.5, 0.6) is 0 Å². The minimum Gasteiger partial charge on any atom is -0.465 e. The molecule has 1 saturated heterocycles. The van der Waals surface area contributed by atoms with Crippen LogP contribution in [0.1, 0.15) is 15.9 Å². The number of carbonyl (C=O) groups excluding carboxylic acids is 1. The summed E-state index contributed by atoms with van der Waals surface area (Å²) >= 11 is 0. The van der Waals surface area contributed by atoms with Crippen molar-refractivity contribution in [2.45, 2.75) is 12.6 Å². The number of esters is 1. The van der Waals surface area contributed by atoms with Gasteiger partial charge in [0.25, 0.3) is 0 Å². The van der Waals surface area contributed by atoms with Gasteiger partial charge in [-0.15, -0.1) is 0 Å². The van der Waals surface area contributed by atoms with Crippen LogP contribution in [0.3, 0.4) is 0 Å². The predicted octanol–water partition coefficient (Wildman–Crippen LogP) is 0.809. The lowest BCUT2D eigenvalue weighted by atomic mass is 10.1. The van der Waals surface area contributed by atoms with Crippen LogP contribution in [-0.2, 0) is 11.3 Å². The van der Waals surface area contributed by atoms with Gasteiger partial charge < -0.3 is 15.0 Å². The lowest BCUT2D eigenvalue weighted by Gasteiger charge is -2.37. The fourth-order valence-corrected chi connectivity index (χ4v) is 2.68. The molecule has 0 amide bonds. The lowest BCUT2D eigenvalue weighted by molar-refractivity contribution is 0.0599. The number of carbonyl (C=O) groups is 1. The molecule has 116 valence electrons. The zero-order valence-electron chi connectivity index (χ0n) is 13.1. The quantitative estimate of drug-likeness (QED) is 0.813. The van der Waals surface area contributed by atoms with Crippen LogP contribution in [0.25, 0.3) is 0 Å². The van der Waals surface area contributed by atoms with Crippen molar-refractivity contribution in [3.05, 3.63) is 35.4 Å². The van der Waals surface area contributed by atoms with E-state index in [0.717, 1.165) is 31.7 Å². The number of nitrogens with zero attached hydrogens (tertiary/aromatic N) is 2. The highest BCUT2D eigenvalue weighted by atomic mass is 16.5. The van der Waals surface area contributed by atoms with Crippen LogP contribution in [0.2, 0.25) is 0 Å². The zero-order chi connectivity index (χ0) is 15.2. The van der Waals surface area contributed by atoms with E-state index in [9.17, 15) is 4.79 Å². The number of nitrogens with one attached hydrogen (secondary N) is 1. The van der Waals surface area contributed by atoms with Crippen molar-refractivity contribution >= 4 is 5.97 Å². The van der Waals surface area contributed by atoms with Crippen LogP contribution in [-0.4, -0.2) is 69.2 Å². The molecule has 0 radical (unpaired) electrons. The Kier molecular flexibility index (Phi) is 5.73. The molecule has 0 aromatic heterocycles. The second kappa shape index (κ2) is 7.54. The normalized spacial score (nSPS) is 20.4. The molecule has 21 heavy (non-hydrogen) atoms. The van der Waals surface area contributed by atoms with Crippen LogP contribution in [0.4, 0.5) is 0 Å². The van der Waals surface area contributed by atoms with Gasteiger partial charge in [-0.3, -0.25) is 4.90 Å². The molecular weight excluding hydrogens is 266 g/mol. The summed E-state index contributed by atoms with van der Waals surface area (Å²) in [5.41, 5.74) is 1.62. The number of hydrogen-bond acceptors (Lipinski definition) is 5. The fourth-order valence-electron chi connectivity index (χ4n) is 2.68. The molecule has 5 heteroatoms. The monoisotopic (exact) mass is 291 g/mol. The van der Waals surface area contributed by atoms with Crippen LogP contribution >= 0.6 is 0 Å². The van der Waals surface area contributed by atoms with Gasteiger partial charge in [-0.1, -0.05) is 18.2 Å². The van der Waals surface area contributed by atoms with E-state index in [-0.39, 0.29) is 5.97 Å². The van der Waals surface area contributed by atoms with Crippen LogP contribution < -0.4 is 5.32 Å². The standard InChI is InChI=1S/C16H25N3O2/c1-18-8-9-19(2)14(12-18)11-17-10-13-6-4-5-7-15(13)16(20)21-3/h4-7,14,17H,8-12H2,1-3H3. The van der Waals surface area contributed by atoms with Gasteiger partial charge in [-0.25, -0.2) is 4.79 Å². The summed E-state index contributed by atoms with van der Waals surface area (Å²) in [6.07, 6.45) is 0. The first kappa shape index (κ1) is 15.9. The second-order valence-corrected chi connectivity index (χ2v) is 5.68. The molecule has 1 aromatic carbocycles. The molecule has 1 N–H and O–H groups in total. The summed E-state index contributed by atoms with van der Waals surface area (Å²) in [4.78, 5) is 16.5. The third-order valence-corrected chi connectivity index (χ3v) is 4.10. The topological polar surface area (TPSA) is 44.8 Å². The van der Waals surface area contributed by atoms with Crippen molar-refractivity contribution in [1.82, 2.24) is 15.1 Å². The lowest BCUT2D eigenvalue weighted by Crippen LogP contribution is -2.53. The number of benzene rings is 1. The van der Waals surface area contributed by atoms with E-state index in [0.29, 0.717) is 18.2 Å². The summed E-state index contributed by atoms with van der Waals surface area (Å²) in [5, 5.41) is 3.47. The largest absolute Gasteiger partial charge is 0.465 e. The maximum absolute atomic E-state index is 11.7. The SMILES string of the molecule is COC(=O)c1ccccc1CNCC1CN(C)CCN1C. The molecule has 0 aliphatic carbocycles. The number of likely N-dealkylation sites (N-methyl/N-ethyl adjacent to an activating group) is 2. The molecular formula is C16H25N3O2. The number of piperazine rings is 1. The second-order valence-electron chi connectivity index (χ2n) is 5.68. The molecule has 1 aliphatic heterocycles. The first-order valence-corrected chi connectivity index (χ1v) is 7.37. The summed E-state index contributed by atoms with van der Waals surface area (Å²) < 4.78 is 4.82.